The Balaban J connectivity index is -0.0000000267. The van der Waals surface area contributed by atoms with E-state index in [1.807, 2.05) is 0 Å². The molecule has 8 nitrogen and oxygen atoms in total. The third kappa shape index (κ3) is 1010. The molecule has 0 aromatic rings. The minimum absolute atomic E-state index is 0. The van der Waals surface area contributed by atoms with Gasteiger partial charge in [0.25, 0.3) is 0 Å². The van der Waals surface area contributed by atoms with Gasteiger partial charge in [0, 0.05) is 20.8 Å². The molecule has 0 aromatic carbocycles. The average Bonchev–Trinajstić information content (AvgIpc) is 1.12. The molecule has 91 valence electrons. The van der Waals surface area contributed by atoms with Crippen molar-refractivity contribution in [2.24, 2.45) is 0 Å². The first-order valence-corrected chi connectivity index (χ1v) is 4.00. The minimum Gasteiger partial charge on any atom is -0.759 e. The minimum atomic E-state index is -5.17. The van der Waals surface area contributed by atoms with Gasteiger partial charge in [-0.3, -0.25) is 16.8 Å². The molecular formula is Cu3O8S2+2. The third-order valence-electron chi connectivity index (χ3n) is 0. The van der Waals surface area contributed by atoms with Gasteiger partial charge in [-0.25, -0.2) is 0 Å². The second-order valence-corrected chi connectivity index (χ2v) is 2.45. The topological polar surface area (TPSA) is 161 Å². The molecule has 0 aromatic heterocycles. The molecular weight excluding hydrogens is 383 g/mol. The van der Waals surface area contributed by atoms with Crippen LogP contribution in [0.1, 0.15) is 0 Å². The fraction of sp³-hybridized carbons (Fsp3) is 0. The van der Waals surface area contributed by atoms with Gasteiger partial charge in [0.1, 0.15) is 0 Å². The first-order chi connectivity index (χ1) is 4.00. The summed E-state index contributed by atoms with van der Waals surface area (Å²) in [4.78, 5) is 0. The number of rotatable bonds is 0. The van der Waals surface area contributed by atoms with Crippen LogP contribution in [0.5, 0.6) is 0 Å². The SMILES string of the molecule is O=S(=O)([O-])[O-].O=S(=O)([O-])[O-].[Cu+2].[Cu+2].[Cu+2]. The molecule has 0 unspecified atom stereocenters. The van der Waals surface area contributed by atoms with Gasteiger partial charge >= 0.3 is 51.2 Å². The van der Waals surface area contributed by atoms with Gasteiger partial charge in [0.2, 0.25) is 0 Å². The molecule has 0 aliphatic heterocycles. The van der Waals surface area contributed by atoms with E-state index in [1.54, 1.807) is 0 Å². The molecule has 0 rings (SSSR count). The van der Waals surface area contributed by atoms with Gasteiger partial charge < -0.3 is 18.2 Å². The first-order valence-electron chi connectivity index (χ1n) is 1.33. The van der Waals surface area contributed by atoms with Gasteiger partial charge in [-0.1, -0.05) is 0 Å². The number of hydrogen-bond acceptors (Lipinski definition) is 8. The number of hydrogen-bond donors (Lipinski definition) is 0. The molecule has 0 N–H and O–H groups in total. The van der Waals surface area contributed by atoms with Crippen molar-refractivity contribution in [3.8, 4) is 0 Å². The largest absolute Gasteiger partial charge is 2.00 e. The van der Waals surface area contributed by atoms with Gasteiger partial charge in [0.15, 0.2) is 0 Å². The fourth-order valence-electron chi connectivity index (χ4n) is 0. The van der Waals surface area contributed by atoms with E-state index in [2.05, 4.69) is 0 Å². The summed E-state index contributed by atoms with van der Waals surface area (Å²) >= 11 is 0. The van der Waals surface area contributed by atoms with Crippen LogP contribution in [0, 0.1) is 0 Å². The van der Waals surface area contributed by atoms with E-state index in [4.69, 9.17) is 35.0 Å². The normalized spacial score (nSPS) is 8.92. The van der Waals surface area contributed by atoms with E-state index in [0.29, 0.717) is 0 Å². The van der Waals surface area contributed by atoms with E-state index in [0.717, 1.165) is 0 Å². The molecule has 0 heterocycles. The molecule has 0 fully saturated rings. The van der Waals surface area contributed by atoms with Crippen molar-refractivity contribution >= 4 is 20.8 Å². The van der Waals surface area contributed by atoms with Crippen LogP contribution in [0.3, 0.4) is 0 Å². The second-order valence-electron chi connectivity index (χ2n) is 0.816. The Bertz CT molecular complexity index is 214. The molecule has 0 atom stereocenters. The summed E-state index contributed by atoms with van der Waals surface area (Å²) in [5.74, 6) is 0. The maximum atomic E-state index is 8.52. The molecule has 13 heteroatoms. The van der Waals surface area contributed by atoms with Crippen LogP contribution in [0.2, 0.25) is 0 Å². The summed E-state index contributed by atoms with van der Waals surface area (Å²) in [5, 5.41) is 0. The van der Waals surface area contributed by atoms with E-state index in [9.17, 15) is 0 Å². The molecule has 0 spiro atoms. The summed E-state index contributed by atoms with van der Waals surface area (Å²) in [6.07, 6.45) is 0. The third-order valence-corrected chi connectivity index (χ3v) is 0. The summed E-state index contributed by atoms with van der Waals surface area (Å²) < 4.78 is 68.2. The van der Waals surface area contributed by atoms with Crippen molar-refractivity contribution in [1.82, 2.24) is 0 Å². The Morgan fingerprint density at radius 2 is 0.538 bits per heavy atom. The molecule has 0 amide bonds. The van der Waals surface area contributed by atoms with Gasteiger partial charge in [-0.15, -0.1) is 0 Å². The van der Waals surface area contributed by atoms with Crippen molar-refractivity contribution in [2.45, 2.75) is 0 Å². The molecule has 0 aliphatic rings. The monoisotopic (exact) mass is 381 g/mol. The van der Waals surface area contributed by atoms with Crippen molar-refractivity contribution in [2.75, 3.05) is 0 Å². The quantitative estimate of drug-likeness (QED) is 0.248. The molecule has 0 aliphatic carbocycles. The van der Waals surface area contributed by atoms with Crippen LogP contribution in [-0.4, -0.2) is 35.0 Å². The average molecular weight is 383 g/mol. The summed E-state index contributed by atoms with van der Waals surface area (Å²) in [6.45, 7) is 0. The zero-order chi connectivity index (χ0) is 9.00. The van der Waals surface area contributed by atoms with Crippen LogP contribution in [0.4, 0.5) is 0 Å². The Morgan fingerprint density at radius 1 is 0.538 bits per heavy atom. The van der Waals surface area contributed by atoms with Gasteiger partial charge in [-0.2, -0.15) is 0 Å². The zero-order valence-electron chi connectivity index (χ0n) is 4.99. The van der Waals surface area contributed by atoms with E-state index < -0.39 is 20.8 Å². The molecule has 0 saturated carbocycles. The zero-order valence-corrected chi connectivity index (χ0v) is 9.44. The van der Waals surface area contributed by atoms with Crippen molar-refractivity contribution in [1.29, 1.82) is 0 Å². The molecule has 13 heavy (non-hydrogen) atoms. The van der Waals surface area contributed by atoms with Crippen LogP contribution in [0.15, 0.2) is 0 Å². The van der Waals surface area contributed by atoms with Crippen molar-refractivity contribution in [3.05, 3.63) is 0 Å². The maximum absolute atomic E-state index is 8.52. The molecule has 0 saturated heterocycles. The van der Waals surface area contributed by atoms with Crippen molar-refractivity contribution in [3.63, 3.8) is 0 Å². The second kappa shape index (κ2) is 11.4. The van der Waals surface area contributed by atoms with Crippen LogP contribution < -0.4 is 0 Å². The van der Waals surface area contributed by atoms with Gasteiger partial charge in [0.05, 0.1) is 0 Å². The fourth-order valence-corrected chi connectivity index (χ4v) is 0. The first kappa shape index (κ1) is 29.2. The summed E-state index contributed by atoms with van der Waals surface area (Å²) in [5.41, 5.74) is 0. The predicted octanol–water partition coefficient (Wildman–Crippen LogP) is -2.68. The summed E-state index contributed by atoms with van der Waals surface area (Å²) in [7, 11) is -10.3. The van der Waals surface area contributed by atoms with E-state index in [-0.39, 0.29) is 51.2 Å². The molecule has 0 bridgehead atoms. The van der Waals surface area contributed by atoms with E-state index in [1.165, 1.54) is 0 Å². The Morgan fingerprint density at radius 3 is 0.538 bits per heavy atom. The summed E-state index contributed by atoms with van der Waals surface area (Å²) in [6, 6.07) is 0. The smallest absolute Gasteiger partial charge is 0.759 e. The standard InChI is InChI=1S/3Cu.2H2O4S/c;;;2*1-5(2,3)4/h;;;2*(H2,1,2,3,4)/q3*+2;;/p-4. The molecule has 3 radical (unpaired) electrons. The Kier molecular flexibility index (Phi) is 25.6. The van der Waals surface area contributed by atoms with E-state index >= 15 is 0 Å². The maximum Gasteiger partial charge on any atom is 2.00 e. The van der Waals surface area contributed by atoms with Crippen LogP contribution in [-0.2, 0) is 72.0 Å². The van der Waals surface area contributed by atoms with Crippen molar-refractivity contribution < 1.29 is 86.3 Å². The predicted molar refractivity (Wildman–Crippen MR) is 20.9 cm³/mol. The Labute approximate surface area is 106 Å². The Hall–Kier alpha value is 1.30. The van der Waals surface area contributed by atoms with Gasteiger partial charge in [-0.05, 0) is 0 Å². The van der Waals surface area contributed by atoms with Crippen LogP contribution in [0.25, 0.3) is 0 Å². The van der Waals surface area contributed by atoms with Crippen LogP contribution >= 0.6 is 0 Å².